The Balaban J connectivity index is 1.16. The lowest BCUT2D eigenvalue weighted by molar-refractivity contribution is -0.137. The Morgan fingerprint density at radius 1 is 1.14 bits per heavy atom. The molecule has 2 unspecified atom stereocenters. The number of anilines is 1. The van der Waals surface area contributed by atoms with Crippen molar-refractivity contribution in [2.24, 2.45) is 0 Å². The number of halogens is 3. The molecule has 2 aromatic heterocycles. The normalized spacial score (nSPS) is 18.6. The summed E-state index contributed by atoms with van der Waals surface area (Å²) in [5, 5.41) is 12.2. The summed E-state index contributed by atoms with van der Waals surface area (Å²) in [6.07, 6.45) is -1.42. The van der Waals surface area contributed by atoms with E-state index in [1.54, 1.807) is 30.3 Å². The smallest absolute Gasteiger partial charge is 0.416 e. The van der Waals surface area contributed by atoms with Gasteiger partial charge in [0.15, 0.2) is 12.5 Å². The van der Waals surface area contributed by atoms with E-state index in [1.165, 1.54) is 23.2 Å². The van der Waals surface area contributed by atoms with E-state index in [1.807, 2.05) is 20.8 Å². The minimum absolute atomic E-state index is 0.114. The maximum absolute atomic E-state index is 13.2. The molecular formula is C30H27F3N6O4. The summed E-state index contributed by atoms with van der Waals surface area (Å²) in [4.78, 5) is 24.0. The lowest BCUT2D eigenvalue weighted by Crippen LogP contribution is -2.36. The summed E-state index contributed by atoms with van der Waals surface area (Å²) >= 11 is 0. The fraction of sp³-hybridized carbons (Fsp3) is 0.333. The van der Waals surface area contributed by atoms with Gasteiger partial charge in [0.1, 0.15) is 12.1 Å². The summed E-state index contributed by atoms with van der Waals surface area (Å²) in [6, 6.07) is 10.5. The number of hydrogen-bond donors (Lipinski definition) is 1. The van der Waals surface area contributed by atoms with E-state index in [0.29, 0.717) is 35.5 Å². The third-order valence-corrected chi connectivity index (χ3v) is 6.99. The molecule has 0 saturated carbocycles. The lowest BCUT2D eigenvalue weighted by Gasteiger charge is -2.27. The van der Waals surface area contributed by atoms with Crippen LogP contribution in [0.4, 0.5) is 23.7 Å². The van der Waals surface area contributed by atoms with Crippen molar-refractivity contribution < 1.29 is 32.2 Å². The fourth-order valence-electron chi connectivity index (χ4n) is 5.02. The highest BCUT2D eigenvalue weighted by molar-refractivity contribution is 5.99. The topological polar surface area (TPSA) is 118 Å². The SMILES string of the molecule is CC(C)(C)OC1OC1N1CCc2c(ncnc2Oc2ccc3c(ccn3C(=O)Nc3cc(C#N)cc(C(F)(F)F)c3)c2)C1. The Hall–Kier alpha value is -4.51. The number of epoxide rings is 1. The van der Waals surface area contributed by atoms with Crippen LogP contribution >= 0.6 is 0 Å². The summed E-state index contributed by atoms with van der Waals surface area (Å²) in [5.41, 5.74) is 0.572. The predicted molar refractivity (Wildman–Crippen MR) is 148 cm³/mol. The van der Waals surface area contributed by atoms with Crippen LogP contribution in [-0.2, 0) is 28.6 Å². The van der Waals surface area contributed by atoms with Gasteiger partial charge < -0.3 is 19.5 Å². The van der Waals surface area contributed by atoms with Gasteiger partial charge in [-0.05, 0) is 69.7 Å². The predicted octanol–water partition coefficient (Wildman–Crippen LogP) is 6.05. The van der Waals surface area contributed by atoms with Crippen molar-refractivity contribution >= 4 is 22.6 Å². The Kier molecular flexibility index (Phi) is 7.08. The molecule has 4 aromatic rings. The molecule has 6 rings (SSSR count). The van der Waals surface area contributed by atoms with Gasteiger partial charge in [-0.25, -0.2) is 14.8 Å². The van der Waals surface area contributed by atoms with Crippen LogP contribution in [-0.4, -0.2) is 50.1 Å². The lowest BCUT2D eigenvalue weighted by atomic mass is 10.1. The molecule has 4 heterocycles. The molecular weight excluding hydrogens is 565 g/mol. The molecule has 2 aromatic carbocycles. The number of hydrogen-bond acceptors (Lipinski definition) is 8. The molecule has 0 aliphatic carbocycles. The number of nitriles is 1. The minimum atomic E-state index is -4.67. The van der Waals surface area contributed by atoms with Crippen LogP contribution in [0.3, 0.4) is 0 Å². The Labute approximate surface area is 244 Å². The Bertz CT molecular complexity index is 1760. The quantitative estimate of drug-likeness (QED) is 0.279. The van der Waals surface area contributed by atoms with Crippen LogP contribution in [0, 0.1) is 11.3 Å². The standard InChI is InChI=1S/C30H27F3N6O4/c1-29(2,3)43-27-26(42-27)38-8-7-22-23(15-38)35-16-36-25(22)41-21-4-5-24-18(12-21)6-9-39(24)28(40)37-20-11-17(14-34)10-19(13-20)30(31,32)33/h4-6,9-13,16,26-27H,7-8,15H2,1-3H3,(H,37,40). The number of nitrogens with zero attached hydrogens (tertiary/aromatic N) is 5. The Morgan fingerprint density at radius 3 is 2.70 bits per heavy atom. The van der Waals surface area contributed by atoms with Crippen molar-refractivity contribution in [2.75, 3.05) is 11.9 Å². The number of carbonyl (C=O) groups excluding carboxylic acids is 1. The second-order valence-corrected chi connectivity index (χ2v) is 11.3. The molecule has 13 heteroatoms. The van der Waals surface area contributed by atoms with Gasteiger partial charge in [0.2, 0.25) is 5.88 Å². The summed E-state index contributed by atoms with van der Waals surface area (Å²) < 4.78 is 58.8. The summed E-state index contributed by atoms with van der Waals surface area (Å²) in [6.45, 7) is 7.26. The van der Waals surface area contributed by atoms with Crippen molar-refractivity contribution in [2.45, 2.75) is 58.0 Å². The molecule has 10 nitrogen and oxygen atoms in total. The highest BCUT2D eigenvalue weighted by Gasteiger charge is 2.48. The second kappa shape index (κ2) is 10.6. The molecule has 1 saturated heterocycles. The number of carbonyl (C=O) groups is 1. The first-order chi connectivity index (χ1) is 20.4. The molecule has 43 heavy (non-hydrogen) atoms. The zero-order valence-corrected chi connectivity index (χ0v) is 23.5. The average molecular weight is 593 g/mol. The van der Waals surface area contributed by atoms with E-state index < -0.39 is 17.8 Å². The van der Waals surface area contributed by atoms with Crippen LogP contribution in [0.5, 0.6) is 11.6 Å². The minimum Gasteiger partial charge on any atom is -0.439 e. The number of rotatable bonds is 5. The van der Waals surface area contributed by atoms with Crippen LogP contribution in [0.15, 0.2) is 55.0 Å². The first-order valence-corrected chi connectivity index (χ1v) is 13.5. The van der Waals surface area contributed by atoms with Crippen LogP contribution in [0.25, 0.3) is 10.9 Å². The molecule has 2 atom stereocenters. The summed E-state index contributed by atoms with van der Waals surface area (Å²) in [5.74, 6) is 0.938. The van der Waals surface area contributed by atoms with E-state index in [2.05, 4.69) is 20.2 Å². The maximum atomic E-state index is 13.2. The van der Waals surface area contributed by atoms with Crippen molar-refractivity contribution in [3.8, 4) is 17.7 Å². The molecule has 2 aliphatic rings. The molecule has 0 spiro atoms. The van der Waals surface area contributed by atoms with Crippen molar-refractivity contribution in [3.63, 3.8) is 0 Å². The van der Waals surface area contributed by atoms with Gasteiger partial charge in [-0.3, -0.25) is 9.47 Å². The number of benzene rings is 2. The van der Waals surface area contributed by atoms with Crippen LogP contribution < -0.4 is 10.1 Å². The molecule has 1 fully saturated rings. The van der Waals surface area contributed by atoms with E-state index in [9.17, 15) is 18.0 Å². The maximum Gasteiger partial charge on any atom is 0.416 e. The van der Waals surface area contributed by atoms with Gasteiger partial charge in [-0.1, -0.05) is 0 Å². The van der Waals surface area contributed by atoms with Gasteiger partial charge in [0.25, 0.3) is 0 Å². The van der Waals surface area contributed by atoms with Gasteiger partial charge >= 0.3 is 12.2 Å². The van der Waals surface area contributed by atoms with E-state index >= 15 is 0 Å². The third-order valence-electron chi connectivity index (χ3n) is 6.99. The molecule has 1 N–H and O–H groups in total. The van der Waals surface area contributed by atoms with Crippen molar-refractivity contribution in [1.29, 1.82) is 5.26 Å². The van der Waals surface area contributed by atoms with E-state index in [4.69, 9.17) is 19.5 Å². The van der Waals surface area contributed by atoms with E-state index in [0.717, 1.165) is 29.9 Å². The van der Waals surface area contributed by atoms with Gasteiger partial charge in [-0.15, -0.1) is 0 Å². The first-order valence-electron chi connectivity index (χ1n) is 13.5. The highest BCUT2D eigenvalue weighted by Crippen LogP contribution is 2.36. The number of amides is 1. The zero-order valence-electron chi connectivity index (χ0n) is 23.5. The number of alkyl halides is 3. The van der Waals surface area contributed by atoms with Gasteiger partial charge in [-0.2, -0.15) is 18.4 Å². The number of ether oxygens (including phenoxy) is 3. The van der Waals surface area contributed by atoms with Crippen molar-refractivity contribution in [3.05, 3.63) is 77.4 Å². The largest absolute Gasteiger partial charge is 0.439 e. The first kappa shape index (κ1) is 28.6. The average Bonchev–Trinajstić information content (AvgIpc) is 3.56. The molecule has 0 bridgehead atoms. The molecule has 222 valence electrons. The van der Waals surface area contributed by atoms with Crippen LogP contribution in [0.1, 0.15) is 43.2 Å². The summed E-state index contributed by atoms with van der Waals surface area (Å²) in [7, 11) is 0. The second-order valence-electron chi connectivity index (χ2n) is 11.3. The number of aromatic nitrogens is 3. The third kappa shape index (κ3) is 6.17. The number of fused-ring (bicyclic) bond motifs is 2. The Morgan fingerprint density at radius 2 is 1.95 bits per heavy atom. The van der Waals surface area contributed by atoms with Gasteiger partial charge in [0, 0.05) is 35.9 Å². The van der Waals surface area contributed by atoms with Gasteiger partial charge in [0.05, 0.1) is 34.0 Å². The van der Waals surface area contributed by atoms with Crippen molar-refractivity contribution in [1.82, 2.24) is 19.4 Å². The van der Waals surface area contributed by atoms with Crippen LogP contribution in [0.2, 0.25) is 0 Å². The molecule has 1 amide bonds. The number of nitrogens with one attached hydrogen (secondary N) is 1. The molecule has 2 aliphatic heterocycles. The fourth-order valence-corrected chi connectivity index (χ4v) is 5.02. The van der Waals surface area contributed by atoms with E-state index in [-0.39, 0.29) is 29.4 Å². The monoisotopic (exact) mass is 592 g/mol. The zero-order chi connectivity index (χ0) is 30.5. The molecule has 0 radical (unpaired) electrons. The highest BCUT2D eigenvalue weighted by atomic mass is 19.4.